The van der Waals surface area contributed by atoms with Crippen molar-refractivity contribution in [2.75, 3.05) is 0 Å². The standard InChI is InChI=1S/C27H33FO2/c1-3-5-6-7-8-18-9-11-20(12-10-18)21-14-15-22-23-16-13-19(4-2)25(28)26(23)30-27(29)24(22)17-21/h13-18,20H,3-12H2,1-2H3. The molecule has 2 nitrogen and oxygen atoms in total. The van der Waals surface area contributed by atoms with Crippen LogP contribution in [0, 0.1) is 11.7 Å². The Morgan fingerprint density at radius 2 is 1.70 bits per heavy atom. The van der Waals surface area contributed by atoms with Crippen LogP contribution in [0.4, 0.5) is 4.39 Å². The van der Waals surface area contributed by atoms with E-state index in [1.807, 2.05) is 25.1 Å². The number of unbranched alkanes of at least 4 members (excludes halogenated alkanes) is 3. The smallest absolute Gasteiger partial charge is 0.344 e. The third-order valence-corrected chi connectivity index (χ3v) is 7.09. The molecule has 3 heteroatoms. The minimum Gasteiger partial charge on any atom is -0.419 e. The van der Waals surface area contributed by atoms with Crippen LogP contribution in [0.1, 0.15) is 88.7 Å². The second kappa shape index (κ2) is 9.32. The Kier molecular flexibility index (Phi) is 6.55. The maximum atomic E-state index is 14.7. The highest BCUT2D eigenvalue weighted by Gasteiger charge is 2.23. The quantitative estimate of drug-likeness (QED) is 0.226. The van der Waals surface area contributed by atoms with E-state index in [0.29, 0.717) is 28.7 Å². The summed E-state index contributed by atoms with van der Waals surface area (Å²) in [7, 11) is 0. The Morgan fingerprint density at radius 1 is 0.933 bits per heavy atom. The molecule has 0 spiro atoms. The fourth-order valence-electron chi connectivity index (χ4n) is 5.19. The van der Waals surface area contributed by atoms with Crippen molar-refractivity contribution in [2.45, 2.75) is 84.0 Å². The van der Waals surface area contributed by atoms with Gasteiger partial charge >= 0.3 is 5.63 Å². The lowest BCUT2D eigenvalue weighted by molar-refractivity contribution is 0.302. The predicted molar refractivity (Wildman–Crippen MR) is 123 cm³/mol. The molecule has 1 saturated carbocycles. The van der Waals surface area contributed by atoms with E-state index in [0.717, 1.165) is 11.3 Å². The molecule has 1 heterocycles. The van der Waals surface area contributed by atoms with Crippen LogP contribution >= 0.6 is 0 Å². The lowest BCUT2D eigenvalue weighted by Crippen LogP contribution is -2.14. The summed E-state index contributed by atoms with van der Waals surface area (Å²) >= 11 is 0. The van der Waals surface area contributed by atoms with E-state index in [-0.39, 0.29) is 5.58 Å². The summed E-state index contributed by atoms with van der Waals surface area (Å²) < 4.78 is 20.1. The first-order chi connectivity index (χ1) is 14.6. The molecule has 0 aliphatic heterocycles. The van der Waals surface area contributed by atoms with Gasteiger partial charge < -0.3 is 4.42 Å². The highest BCUT2D eigenvalue weighted by atomic mass is 19.1. The molecule has 0 radical (unpaired) electrons. The third-order valence-electron chi connectivity index (χ3n) is 7.09. The average molecular weight is 409 g/mol. The Bertz CT molecular complexity index is 1070. The number of benzene rings is 2. The molecule has 4 rings (SSSR count). The maximum Gasteiger partial charge on any atom is 0.344 e. The number of aryl methyl sites for hydroxylation is 1. The van der Waals surface area contributed by atoms with E-state index < -0.39 is 11.4 Å². The summed E-state index contributed by atoms with van der Waals surface area (Å²) in [5.41, 5.74) is 1.46. The highest BCUT2D eigenvalue weighted by molar-refractivity contribution is 6.04. The van der Waals surface area contributed by atoms with E-state index in [1.54, 1.807) is 6.07 Å². The molecule has 30 heavy (non-hydrogen) atoms. The van der Waals surface area contributed by atoms with Gasteiger partial charge in [-0.05, 0) is 61.1 Å². The Balaban J connectivity index is 1.55. The van der Waals surface area contributed by atoms with Crippen molar-refractivity contribution in [3.8, 4) is 0 Å². The van der Waals surface area contributed by atoms with Crippen LogP contribution in [0.5, 0.6) is 0 Å². The fourth-order valence-corrected chi connectivity index (χ4v) is 5.19. The number of halogens is 1. The van der Waals surface area contributed by atoms with Crippen LogP contribution in [0.15, 0.2) is 39.5 Å². The van der Waals surface area contributed by atoms with Crippen LogP contribution in [-0.4, -0.2) is 0 Å². The SMILES string of the molecule is CCCCCCC1CCC(c2ccc3c(c2)c(=O)oc2c(F)c(CC)ccc23)CC1. The molecular weight excluding hydrogens is 375 g/mol. The zero-order valence-corrected chi connectivity index (χ0v) is 18.3. The van der Waals surface area contributed by atoms with E-state index in [1.165, 1.54) is 63.4 Å². The van der Waals surface area contributed by atoms with E-state index in [2.05, 4.69) is 13.0 Å². The Hall–Kier alpha value is -2.16. The van der Waals surface area contributed by atoms with Crippen molar-refractivity contribution < 1.29 is 8.81 Å². The fraction of sp³-hybridized carbons (Fsp3) is 0.519. The van der Waals surface area contributed by atoms with E-state index >= 15 is 0 Å². The predicted octanol–water partition coefficient (Wildman–Crippen LogP) is 7.89. The molecule has 1 aliphatic rings. The molecule has 1 fully saturated rings. The van der Waals surface area contributed by atoms with Crippen LogP contribution in [-0.2, 0) is 6.42 Å². The molecule has 0 N–H and O–H groups in total. The highest BCUT2D eigenvalue weighted by Crippen LogP contribution is 2.39. The number of fused-ring (bicyclic) bond motifs is 3. The second-order valence-electron chi connectivity index (χ2n) is 9.03. The summed E-state index contributed by atoms with van der Waals surface area (Å²) in [5, 5.41) is 2.04. The zero-order chi connectivity index (χ0) is 21.1. The number of hydrogen-bond donors (Lipinski definition) is 0. The van der Waals surface area contributed by atoms with Gasteiger partial charge in [0.1, 0.15) is 0 Å². The van der Waals surface area contributed by atoms with Crippen molar-refractivity contribution in [3.05, 3.63) is 57.7 Å². The average Bonchev–Trinajstić information content (AvgIpc) is 2.78. The number of rotatable bonds is 7. The van der Waals surface area contributed by atoms with Gasteiger partial charge in [0.05, 0.1) is 5.39 Å². The summed E-state index contributed by atoms with van der Waals surface area (Å²) in [4.78, 5) is 12.7. The van der Waals surface area contributed by atoms with Gasteiger partial charge in [0.25, 0.3) is 0 Å². The summed E-state index contributed by atoms with van der Waals surface area (Å²) in [6.45, 7) is 4.16. The molecule has 0 atom stereocenters. The van der Waals surface area contributed by atoms with Crippen LogP contribution in [0.3, 0.4) is 0 Å². The molecule has 0 bridgehead atoms. The molecule has 0 amide bonds. The zero-order valence-electron chi connectivity index (χ0n) is 18.3. The molecule has 2 aromatic carbocycles. The third kappa shape index (κ3) is 4.17. The van der Waals surface area contributed by atoms with E-state index in [9.17, 15) is 9.18 Å². The lowest BCUT2D eigenvalue weighted by atomic mass is 9.77. The minimum absolute atomic E-state index is 0.0863. The van der Waals surface area contributed by atoms with Gasteiger partial charge in [-0.15, -0.1) is 0 Å². The molecule has 0 saturated heterocycles. The molecule has 1 aliphatic carbocycles. The van der Waals surface area contributed by atoms with Crippen molar-refractivity contribution in [2.24, 2.45) is 5.92 Å². The van der Waals surface area contributed by atoms with Crippen LogP contribution < -0.4 is 5.63 Å². The second-order valence-corrected chi connectivity index (χ2v) is 9.03. The first-order valence-electron chi connectivity index (χ1n) is 11.8. The van der Waals surface area contributed by atoms with Crippen molar-refractivity contribution in [1.82, 2.24) is 0 Å². The van der Waals surface area contributed by atoms with Gasteiger partial charge in [-0.1, -0.05) is 70.2 Å². The lowest BCUT2D eigenvalue weighted by Gasteiger charge is -2.29. The molecular formula is C27H33FO2. The van der Waals surface area contributed by atoms with Crippen LogP contribution in [0.2, 0.25) is 0 Å². The summed E-state index contributed by atoms with van der Waals surface area (Å²) in [6.07, 6.45) is 12.3. The van der Waals surface area contributed by atoms with Crippen molar-refractivity contribution >= 4 is 21.7 Å². The number of hydrogen-bond acceptors (Lipinski definition) is 2. The molecule has 160 valence electrons. The molecule has 0 unspecified atom stereocenters. The largest absolute Gasteiger partial charge is 0.419 e. The monoisotopic (exact) mass is 408 g/mol. The van der Waals surface area contributed by atoms with Gasteiger partial charge in [-0.2, -0.15) is 0 Å². The molecule has 1 aromatic heterocycles. The molecule has 3 aromatic rings. The Morgan fingerprint density at radius 3 is 2.43 bits per heavy atom. The van der Waals surface area contributed by atoms with Crippen molar-refractivity contribution in [3.63, 3.8) is 0 Å². The topological polar surface area (TPSA) is 30.2 Å². The maximum absolute atomic E-state index is 14.7. The first kappa shape index (κ1) is 21.1. The first-order valence-corrected chi connectivity index (χ1v) is 11.8. The van der Waals surface area contributed by atoms with E-state index in [4.69, 9.17) is 4.42 Å². The van der Waals surface area contributed by atoms with Gasteiger partial charge in [0.2, 0.25) is 0 Å². The van der Waals surface area contributed by atoms with Gasteiger partial charge in [-0.25, -0.2) is 9.18 Å². The van der Waals surface area contributed by atoms with Gasteiger partial charge in [0, 0.05) is 10.8 Å². The van der Waals surface area contributed by atoms with Gasteiger partial charge in [-0.3, -0.25) is 0 Å². The van der Waals surface area contributed by atoms with Crippen molar-refractivity contribution in [1.29, 1.82) is 0 Å². The Labute approximate surface area is 178 Å². The normalized spacial score (nSPS) is 19.6. The summed E-state index contributed by atoms with van der Waals surface area (Å²) in [5.74, 6) is 0.967. The summed E-state index contributed by atoms with van der Waals surface area (Å²) in [6, 6.07) is 9.81. The van der Waals surface area contributed by atoms with Gasteiger partial charge in [0.15, 0.2) is 11.4 Å². The van der Waals surface area contributed by atoms with Crippen LogP contribution in [0.25, 0.3) is 21.7 Å². The minimum atomic E-state index is -0.434.